The van der Waals surface area contributed by atoms with Gasteiger partial charge in [-0.2, -0.15) is 11.8 Å². The molecule has 0 saturated carbocycles. The zero-order valence-electron chi connectivity index (χ0n) is 23.9. The normalized spacial score (nSPS) is 12.8. The van der Waals surface area contributed by atoms with E-state index in [9.17, 15) is 14.4 Å². The molecule has 1 aliphatic heterocycles. The molecule has 214 valence electrons. The molecule has 2 rings (SSSR count). The maximum atomic E-state index is 12.4. The summed E-state index contributed by atoms with van der Waals surface area (Å²) in [5, 5.41) is 3.09. The fourth-order valence-corrected chi connectivity index (χ4v) is 5.65. The Morgan fingerprint density at radius 1 is 0.658 bits per heavy atom. The summed E-state index contributed by atoms with van der Waals surface area (Å²) in [6.45, 7) is 1.35. The number of carbonyl (C=O) groups is 3. The minimum absolute atomic E-state index is 0.140. The largest absolute Gasteiger partial charge is 0.356 e. The highest BCUT2D eigenvalue weighted by molar-refractivity contribution is 7.98. The van der Waals surface area contributed by atoms with Gasteiger partial charge < -0.3 is 5.32 Å². The topological polar surface area (TPSA) is 66.5 Å². The van der Waals surface area contributed by atoms with Crippen molar-refractivity contribution < 1.29 is 14.4 Å². The summed E-state index contributed by atoms with van der Waals surface area (Å²) < 4.78 is 0. The van der Waals surface area contributed by atoms with Crippen LogP contribution in [0.1, 0.15) is 143 Å². The van der Waals surface area contributed by atoms with Crippen LogP contribution in [0.4, 0.5) is 0 Å². The fourth-order valence-electron chi connectivity index (χ4n) is 5.16. The molecule has 1 aromatic carbocycles. The van der Waals surface area contributed by atoms with Gasteiger partial charge in [0.2, 0.25) is 5.91 Å². The predicted octanol–water partition coefficient (Wildman–Crippen LogP) is 8.17. The number of hydrogen-bond donors (Lipinski definition) is 1. The highest BCUT2D eigenvalue weighted by atomic mass is 32.2. The zero-order valence-corrected chi connectivity index (χ0v) is 24.8. The number of nitrogens with zero attached hydrogens (tertiary/aromatic N) is 1. The summed E-state index contributed by atoms with van der Waals surface area (Å²) in [4.78, 5) is 38.1. The molecule has 0 aliphatic carbocycles. The molecule has 0 atom stereocenters. The van der Waals surface area contributed by atoms with Crippen molar-refractivity contribution in [1.29, 1.82) is 0 Å². The molecule has 0 spiro atoms. The molecule has 0 saturated heterocycles. The number of imide groups is 1. The monoisotopic (exact) mass is 544 g/mol. The van der Waals surface area contributed by atoms with Crippen LogP contribution in [0.5, 0.6) is 0 Å². The first-order chi connectivity index (χ1) is 18.6. The Balaban J connectivity index is 1.29. The molecule has 0 fully saturated rings. The van der Waals surface area contributed by atoms with E-state index in [0.29, 0.717) is 24.1 Å². The highest BCUT2D eigenvalue weighted by Crippen LogP contribution is 2.23. The Labute approximate surface area is 236 Å². The molecule has 3 amide bonds. The molecule has 1 N–H and O–H groups in total. The number of benzene rings is 1. The van der Waals surface area contributed by atoms with Crippen LogP contribution < -0.4 is 5.32 Å². The number of thioether (sulfide) groups is 1. The van der Waals surface area contributed by atoms with Gasteiger partial charge in [0.05, 0.1) is 11.1 Å². The van der Waals surface area contributed by atoms with Crippen molar-refractivity contribution >= 4 is 29.5 Å². The van der Waals surface area contributed by atoms with Crippen molar-refractivity contribution in [3.8, 4) is 0 Å². The second-order valence-electron chi connectivity index (χ2n) is 10.8. The lowest BCUT2D eigenvalue weighted by molar-refractivity contribution is -0.121. The van der Waals surface area contributed by atoms with Gasteiger partial charge in [-0.3, -0.25) is 19.3 Å². The van der Waals surface area contributed by atoms with Gasteiger partial charge in [0, 0.05) is 19.5 Å². The Kier molecular flexibility index (Phi) is 17.9. The molecule has 0 radical (unpaired) electrons. The molecular formula is C32H52N2O3S. The molecule has 1 aromatic rings. The average Bonchev–Trinajstić information content (AvgIpc) is 3.17. The van der Waals surface area contributed by atoms with Crippen LogP contribution >= 0.6 is 11.8 Å². The fraction of sp³-hybridized carbons (Fsp3) is 0.719. The molecule has 1 heterocycles. The summed E-state index contributed by atoms with van der Waals surface area (Å²) in [6, 6.07) is 7.10. The van der Waals surface area contributed by atoms with Crippen LogP contribution in [0.2, 0.25) is 0 Å². The van der Waals surface area contributed by atoms with E-state index in [-0.39, 0.29) is 17.7 Å². The molecule has 0 unspecified atom stereocenters. The Bertz CT molecular complexity index is 779. The molecule has 6 heteroatoms. The molecule has 5 nitrogen and oxygen atoms in total. The van der Waals surface area contributed by atoms with E-state index in [1.165, 1.54) is 94.1 Å². The highest BCUT2D eigenvalue weighted by Gasteiger charge is 2.34. The van der Waals surface area contributed by atoms with Gasteiger partial charge >= 0.3 is 0 Å². The second kappa shape index (κ2) is 21.1. The van der Waals surface area contributed by atoms with Crippen LogP contribution in [-0.4, -0.2) is 47.7 Å². The summed E-state index contributed by atoms with van der Waals surface area (Å²) in [6.07, 6.45) is 24.7. The third kappa shape index (κ3) is 13.3. The number of hydrogen-bond acceptors (Lipinski definition) is 4. The maximum Gasteiger partial charge on any atom is 0.261 e. The average molecular weight is 545 g/mol. The molecule has 0 bridgehead atoms. The van der Waals surface area contributed by atoms with Crippen molar-refractivity contribution in [2.45, 2.75) is 122 Å². The lowest BCUT2D eigenvalue weighted by Gasteiger charge is -2.13. The van der Waals surface area contributed by atoms with E-state index < -0.39 is 0 Å². The Hall–Kier alpha value is -1.82. The van der Waals surface area contributed by atoms with Crippen LogP contribution in [-0.2, 0) is 4.79 Å². The van der Waals surface area contributed by atoms with Crippen molar-refractivity contribution in [3.05, 3.63) is 35.4 Å². The minimum atomic E-state index is -0.140. The quantitative estimate of drug-likeness (QED) is 0.105. The number of fused-ring (bicyclic) bond motifs is 1. The van der Waals surface area contributed by atoms with Crippen LogP contribution in [0.25, 0.3) is 0 Å². The van der Waals surface area contributed by atoms with E-state index in [4.69, 9.17) is 0 Å². The zero-order chi connectivity index (χ0) is 27.3. The first-order valence-electron chi connectivity index (χ1n) is 15.4. The SMILES string of the molecule is CSCCCCCCCCCCC(=O)NCCCCCCCCCCCCN1C(=O)c2ccccc2C1=O. The van der Waals surface area contributed by atoms with Gasteiger partial charge in [-0.1, -0.05) is 102 Å². The summed E-state index contributed by atoms with van der Waals surface area (Å²) in [7, 11) is 0. The van der Waals surface area contributed by atoms with Crippen LogP contribution in [0.15, 0.2) is 24.3 Å². The lowest BCUT2D eigenvalue weighted by atomic mass is 10.1. The first-order valence-corrected chi connectivity index (χ1v) is 16.8. The van der Waals surface area contributed by atoms with E-state index in [1.807, 2.05) is 23.9 Å². The lowest BCUT2D eigenvalue weighted by Crippen LogP contribution is -2.30. The number of rotatable bonds is 24. The molecule has 38 heavy (non-hydrogen) atoms. The van der Waals surface area contributed by atoms with Gasteiger partial charge in [0.25, 0.3) is 11.8 Å². The van der Waals surface area contributed by atoms with Gasteiger partial charge in [0.15, 0.2) is 0 Å². The maximum absolute atomic E-state index is 12.4. The first kappa shape index (κ1) is 32.4. The van der Waals surface area contributed by atoms with Crippen molar-refractivity contribution in [1.82, 2.24) is 10.2 Å². The van der Waals surface area contributed by atoms with Crippen LogP contribution in [0, 0.1) is 0 Å². The van der Waals surface area contributed by atoms with Gasteiger partial charge in [-0.15, -0.1) is 0 Å². The summed E-state index contributed by atoms with van der Waals surface area (Å²) in [5.74, 6) is 1.24. The number of carbonyl (C=O) groups excluding carboxylic acids is 3. The Morgan fingerprint density at radius 3 is 1.63 bits per heavy atom. The molecule has 1 aliphatic rings. The van der Waals surface area contributed by atoms with Gasteiger partial charge in [-0.25, -0.2) is 0 Å². The predicted molar refractivity (Wildman–Crippen MR) is 161 cm³/mol. The van der Waals surface area contributed by atoms with Gasteiger partial charge in [0.1, 0.15) is 0 Å². The third-order valence-corrected chi connectivity index (χ3v) is 8.21. The minimum Gasteiger partial charge on any atom is -0.356 e. The summed E-state index contributed by atoms with van der Waals surface area (Å²) in [5.41, 5.74) is 1.09. The summed E-state index contributed by atoms with van der Waals surface area (Å²) >= 11 is 1.94. The second-order valence-corrected chi connectivity index (χ2v) is 11.7. The van der Waals surface area contributed by atoms with E-state index >= 15 is 0 Å². The Morgan fingerprint density at radius 2 is 1.11 bits per heavy atom. The number of nitrogens with one attached hydrogen (secondary N) is 1. The van der Waals surface area contributed by atoms with E-state index in [2.05, 4.69) is 11.6 Å². The molecular weight excluding hydrogens is 492 g/mol. The van der Waals surface area contributed by atoms with Crippen molar-refractivity contribution in [2.75, 3.05) is 25.1 Å². The van der Waals surface area contributed by atoms with E-state index in [0.717, 1.165) is 38.6 Å². The molecule has 0 aromatic heterocycles. The number of unbranched alkanes of at least 4 members (excludes halogenated alkanes) is 16. The van der Waals surface area contributed by atoms with E-state index in [1.54, 1.807) is 12.1 Å². The number of amides is 3. The smallest absolute Gasteiger partial charge is 0.261 e. The third-order valence-electron chi connectivity index (χ3n) is 7.51. The van der Waals surface area contributed by atoms with Crippen LogP contribution in [0.3, 0.4) is 0 Å². The van der Waals surface area contributed by atoms with Crippen molar-refractivity contribution in [2.24, 2.45) is 0 Å². The van der Waals surface area contributed by atoms with Crippen molar-refractivity contribution in [3.63, 3.8) is 0 Å². The standard InChI is InChI=1S/C32H52N2O3S/c1-38-27-21-15-11-7-4-8-12-16-24-30(35)33-25-19-13-9-5-2-3-6-10-14-20-26-34-31(36)28-22-17-18-23-29(28)32(34)37/h17-18,22-23H,2-16,19-21,24-27H2,1H3,(H,33,35). The van der Waals surface area contributed by atoms with Gasteiger partial charge in [-0.05, 0) is 49.8 Å².